The number of nitrogens with zero attached hydrogens (tertiary/aromatic N) is 1. The van der Waals surface area contributed by atoms with Crippen LogP contribution in [0.5, 0.6) is 0 Å². The highest BCUT2D eigenvalue weighted by atomic mass is 127. The van der Waals surface area contributed by atoms with E-state index in [9.17, 15) is 4.79 Å². The molecular formula is C20H19IN2O2. The Labute approximate surface area is 160 Å². The quantitative estimate of drug-likeness (QED) is 0.426. The third kappa shape index (κ3) is 3.76. The van der Waals surface area contributed by atoms with Crippen LogP contribution in [0.4, 0.5) is 11.4 Å². The maximum absolute atomic E-state index is 12.4. The highest BCUT2D eigenvalue weighted by Crippen LogP contribution is 2.31. The van der Waals surface area contributed by atoms with Gasteiger partial charge in [-0.25, -0.2) is 4.79 Å². The topological polar surface area (TPSA) is 51.2 Å². The third-order valence-corrected chi connectivity index (χ3v) is 4.69. The lowest BCUT2D eigenvalue weighted by Crippen LogP contribution is -2.09. The lowest BCUT2D eigenvalue weighted by atomic mass is 10.0. The van der Waals surface area contributed by atoms with Crippen molar-refractivity contribution in [3.8, 4) is 0 Å². The number of nitrogens with one attached hydrogen (secondary N) is 1. The van der Waals surface area contributed by atoms with E-state index in [4.69, 9.17) is 4.74 Å². The highest BCUT2D eigenvalue weighted by Gasteiger charge is 2.18. The van der Waals surface area contributed by atoms with Gasteiger partial charge in [-0.1, -0.05) is 25.1 Å². The van der Waals surface area contributed by atoms with Gasteiger partial charge in [0, 0.05) is 20.8 Å². The third-order valence-electron chi connectivity index (χ3n) is 3.97. The average Bonchev–Trinajstić information content (AvgIpc) is 2.63. The molecule has 0 aliphatic heterocycles. The Kier molecular flexibility index (Phi) is 5.53. The molecule has 1 N–H and O–H groups in total. The number of carbonyl (C=O) groups excluding carboxylic acids is 1. The van der Waals surface area contributed by atoms with Crippen LogP contribution in [0, 0.1) is 3.57 Å². The number of para-hydroxylation sites is 1. The van der Waals surface area contributed by atoms with Gasteiger partial charge in [0.05, 0.1) is 17.8 Å². The molecule has 0 aliphatic rings. The van der Waals surface area contributed by atoms with E-state index >= 15 is 0 Å². The monoisotopic (exact) mass is 446 g/mol. The summed E-state index contributed by atoms with van der Waals surface area (Å²) in [5.41, 5.74) is 4.16. The number of hydrogen-bond donors (Lipinski definition) is 1. The molecule has 128 valence electrons. The van der Waals surface area contributed by atoms with E-state index in [0.717, 1.165) is 37.8 Å². The summed E-state index contributed by atoms with van der Waals surface area (Å²) >= 11 is 2.27. The van der Waals surface area contributed by atoms with Crippen LogP contribution in [0.25, 0.3) is 10.9 Å². The minimum Gasteiger partial charge on any atom is -0.462 e. The summed E-state index contributed by atoms with van der Waals surface area (Å²) in [4.78, 5) is 16.9. The first kappa shape index (κ1) is 17.7. The summed E-state index contributed by atoms with van der Waals surface area (Å²) in [6.07, 6.45) is 2.49. The first-order chi connectivity index (χ1) is 12.1. The van der Waals surface area contributed by atoms with E-state index < -0.39 is 0 Å². The molecule has 3 aromatic rings. The second-order valence-electron chi connectivity index (χ2n) is 5.57. The molecule has 0 saturated heterocycles. The number of rotatable bonds is 5. The molecule has 0 aliphatic carbocycles. The lowest BCUT2D eigenvalue weighted by molar-refractivity contribution is 0.0527. The number of carbonyl (C=O) groups is 1. The predicted molar refractivity (Wildman–Crippen MR) is 110 cm³/mol. The Morgan fingerprint density at radius 1 is 1.16 bits per heavy atom. The van der Waals surface area contributed by atoms with E-state index in [1.54, 1.807) is 13.1 Å². The molecule has 1 heterocycles. The van der Waals surface area contributed by atoms with Gasteiger partial charge in [0.15, 0.2) is 0 Å². The number of pyridine rings is 1. The summed E-state index contributed by atoms with van der Waals surface area (Å²) < 4.78 is 6.37. The molecule has 1 aromatic heterocycles. The van der Waals surface area contributed by atoms with Crippen molar-refractivity contribution in [1.29, 1.82) is 0 Å². The van der Waals surface area contributed by atoms with Crippen molar-refractivity contribution in [2.45, 2.75) is 20.3 Å². The Bertz CT molecular complexity index is 907. The van der Waals surface area contributed by atoms with Crippen molar-refractivity contribution in [3.63, 3.8) is 0 Å². The molecule has 5 heteroatoms. The van der Waals surface area contributed by atoms with E-state index in [0.29, 0.717) is 12.2 Å². The molecule has 3 rings (SSSR count). The van der Waals surface area contributed by atoms with Gasteiger partial charge >= 0.3 is 5.97 Å². The SMILES string of the molecule is CCOC(=O)c1cnc2c(CC)cccc2c1Nc1ccc(I)cc1. The van der Waals surface area contributed by atoms with Crippen LogP contribution >= 0.6 is 22.6 Å². The predicted octanol–water partition coefficient (Wildman–Crippen LogP) is 5.32. The number of aromatic nitrogens is 1. The van der Waals surface area contributed by atoms with Crippen molar-refractivity contribution >= 4 is 50.8 Å². The van der Waals surface area contributed by atoms with Gasteiger partial charge in [-0.3, -0.25) is 4.98 Å². The van der Waals surface area contributed by atoms with E-state index in [1.807, 2.05) is 36.4 Å². The molecule has 0 bridgehead atoms. The normalized spacial score (nSPS) is 10.7. The van der Waals surface area contributed by atoms with Gasteiger partial charge in [0.25, 0.3) is 0 Å². The summed E-state index contributed by atoms with van der Waals surface area (Å²) in [5, 5.41) is 4.31. The lowest BCUT2D eigenvalue weighted by Gasteiger charge is -2.15. The van der Waals surface area contributed by atoms with E-state index in [1.165, 1.54) is 0 Å². The fraction of sp³-hybridized carbons (Fsp3) is 0.200. The average molecular weight is 446 g/mol. The zero-order valence-electron chi connectivity index (χ0n) is 14.2. The molecule has 0 atom stereocenters. The fourth-order valence-electron chi connectivity index (χ4n) is 2.75. The maximum Gasteiger partial charge on any atom is 0.341 e. The molecule has 0 spiro atoms. The highest BCUT2D eigenvalue weighted by molar-refractivity contribution is 14.1. The summed E-state index contributed by atoms with van der Waals surface area (Å²) in [6.45, 7) is 4.23. The minimum atomic E-state index is -0.369. The summed E-state index contributed by atoms with van der Waals surface area (Å²) in [5.74, 6) is -0.369. The van der Waals surface area contributed by atoms with E-state index in [2.05, 4.69) is 45.9 Å². The number of ether oxygens (including phenoxy) is 1. The maximum atomic E-state index is 12.4. The molecule has 2 aromatic carbocycles. The Hall–Kier alpha value is -2.15. The minimum absolute atomic E-state index is 0.328. The molecule has 0 unspecified atom stereocenters. The van der Waals surface area contributed by atoms with E-state index in [-0.39, 0.29) is 5.97 Å². The Balaban J connectivity index is 2.17. The molecule has 0 saturated carbocycles. The van der Waals surface area contributed by atoms with Crippen molar-refractivity contribution in [2.24, 2.45) is 0 Å². The van der Waals surface area contributed by atoms with Gasteiger partial charge in [0.1, 0.15) is 5.56 Å². The number of halogens is 1. The van der Waals surface area contributed by atoms with Crippen LogP contribution in [0.3, 0.4) is 0 Å². The second-order valence-corrected chi connectivity index (χ2v) is 6.81. The van der Waals surface area contributed by atoms with Crippen molar-refractivity contribution < 1.29 is 9.53 Å². The van der Waals surface area contributed by atoms with Gasteiger partial charge in [0.2, 0.25) is 0 Å². The van der Waals surface area contributed by atoms with Crippen molar-refractivity contribution in [3.05, 3.63) is 63.4 Å². The molecule has 0 radical (unpaired) electrons. The number of anilines is 2. The van der Waals surface area contributed by atoms with Gasteiger partial charge in [-0.2, -0.15) is 0 Å². The van der Waals surface area contributed by atoms with Gasteiger partial charge in [-0.05, 0) is 65.8 Å². The standard InChI is InChI=1S/C20H19IN2O2/c1-3-13-6-5-7-16-18(13)22-12-17(20(24)25-4-2)19(16)23-15-10-8-14(21)9-11-15/h5-12H,3-4H2,1-2H3,(H,22,23). The molecular weight excluding hydrogens is 427 g/mol. The van der Waals surface area contributed by atoms with Crippen molar-refractivity contribution in [2.75, 3.05) is 11.9 Å². The smallest absolute Gasteiger partial charge is 0.341 e. The van der Waals surface area contributed by atoms with Crippen LogP contribution in [-0.4, -0.2) is 17.6 Å². The fourth-order valence-corrected chi connectivity index (χ4v) is 3.10. The Morgan fingerprint density at radius 3 is 2.60 bits per heavy atom. The van der Waals surface area contributed by atoms with Gasteiger partial charge in [-0.15, -0.1) is 0 Å². The second kappa shape index (κ2) is 7.82. The van der Waals surface area contributed by atoms with Crippen LogP contribution in [-0.2, 0) is 11.2 Å². The zero-order chi connectivity index (χ0) is 17.8. The number of hydrogen-bond acceptors (Lipinski definition) is 4. The van der Waals surface area contributed by atoms with Crippen LogP contribution in [0.1, 0.15) is 29.8 Å². The molecule has 0 amide bonds. The Morgan fingerprint density at radius 2 is 1.92 bits per heavy atom. The number of benzene rings is 2. The largest absolute Gasteiger partial charge is 0.462 e. The first-order valence-electron chi connectivity index (χ1n) is 8.24. The zero-order valence-corrected chi connectivity index (χ0v) is 16.3. The molecule has 0 fully saturated rings. The van der Waals surface area contributed by atoms with Crippen LogP contribution < -0.4 is 5.32 Å². The number of fused-ring (bicyclic) bond motifs is 1. The first-order valence-corrected chi connectivity index (χ1v) is 9.32. The van der Waals surface area contributed by atoms with Crippen LogP contribution in [0.15, 0.2) is 48.7 Å². The molecule has 25 heavy (non-hydrogen) atoms. The number of esters is 1. The summed E-state index contributed by atoms with van der Waals surface area (Å²) in [7, 11) is 0. The van der Waals surface area contributed by atoms with Crippen LogP contribution in [0.2, 0.25) is 0 Å². The number of aryl methyl sites for hydroxylation is 1. The van der Waals surface area contributed by atoms with Crippen molar-refractivity contribution in [1.82, 2.24) is 4.98 Å². The summed E-state index contributed by atoms with van der Waals surface area (Å²) in [6, 6.07) is 14.1. The van der Waals surface area contributed by atoms with Gasteiger partial charge < -0.3 is 10.1 Å². The molecule has 4 nitrogen and oxygen atoms in total.